The van der Waals surface area contributed by atoms with E-state index in [0.29, 0.717) is 19.6 Å². The van der Waals surface area contributed by atoms with Crippen molar-refractivity contribution in [2.45, 2.75) is 39.7 Å². The van der Waals surface area contributed by atoms with Crippen molar-refractivity contribution in [1.82, 2.24) is 15.2 Å². The fourth-order valence-electron chi connectivity index (χ4n) is 2.96. The SMILES string of the molecule is CCNc1cc(CNC(=O)N2CCC(CC)(CO)CC2)ccn1. The maximum absolute atomic E-state index is 12.3. The number of nitrogens with zero attached hydrogens (tertiary/aromatic N) is 2. The summed E-state index contributed by atoms with van der Waals surface area (Å²) >= 11 is 0. The number of aliphatic hydroxyl groups excluding tert-OH is 1. The van der Waals surface area contributed by atoms with Crippen molar-refractivity contribution in [3.05, 3.63) is 23.9 Å². The quantitative estimate of drug-likeness (QED) is 0.751. The minimum Gasteiger partial charge on any atom is -0.396 e. The Bertz CT molecular complexity index is 507. The first-order valence-electron chi connectivity index (χ1n) is 8.45. The molecule has 1 aromatic heterocycles. The van der Waals surface area contributed by atoms with Gasteiger partial charge in [0.25, 0.3) is 0 Å². The number of likely N-dealkylation sites (tertiary alicyclic amines) is 1. The molecule has 2 heterocycles. The Balaban J connectivity index is 1.83. The van der Waals surface area contributed by atoms with Crippen LogP contribution in [0.1, 0.15) is 38.7 Å². The van der Waals surface area contributed by atoms with Crippen LogP contribution in [-0.4, -0.2) is 47.3 Å². The Labute approximate surface area is 138 Å². The third-order valence-corrected chi connectivity index (χ3v) is 4.82. The lowest BCUT2D eigenvalue weighted by Crippen LogP contribution is -2.48. The molecule has 6 nitrogen and oxygen atoms in total. The van der Waals surface area contributed by atoms with E-state index in [9.17, 15) is 9.90 Å². The number of urea groups is 1. The first kappa shape index (κ1) is 17.5. The Morgan fingerprint density at radius 3 is 2.74 bits per heavy atom. The molecule has 1 aliphatic rings. The molecule has 2 rings (SSSR count). The minimum absolute atomic E-state index is 0.00258. The van der Waals surface area contributed by atoms with E-state index in [1.807, 2.05) is 24.0 Å². The van der Waals surface area contributed by atoms with Gasteiger partial charge < -0.3 is 20.6 Å². The fourth-order valence-corrected chi connectivity index (χ4v) is 2.96. The van der Waals surface area contributed by atoms with Gasteiger partial charge in [-0.15, -0.1) is 0 Å². The van der Waals surface area contributed by atoms with Gasteiger partial charge in [0.15, 0.2) is 0 Å². The van der Waals surface area contributed by atoms with Gasteiger partial charge in [-0.3, -0.25) is 0 Å². The summed E-state index contributed by atoms with van der Waals surface area (Å²) in [4.78, 5) is 18.4. The smallest absolute Gasteiger partial charge is 0.317 e. The van der Waals surface area contributed by atoms with Crippen molar-refractivity contribution < 1.29 is 9.90 Å². The molecule has 6 heteroatoms. The maximum Gasteiger partial charge on any atom is 0.317 e. The average Bonchev–Trinajstić information content (AvgIpc) is 2.60. The number of hydrogen-bond donors (Lipinski definition) is 3. The number of aliphatic hydroxyl groups is 1. The topological polar surface area (TPSA) is 77.5 Å². The summed E-state index contributed by atoms with van der Waals surface area (Å²) in [6.45, 7) is 7.07. The van der Waals surface area contributed by atoms with E-state index in [0.717, 1.165) is 37.2 Å². The molecule has 0 aliphatic carbocycles. The van der Waals surface area contributed by atoms with Crippen molar-refractivity contribution in [3.63, 3.8) is 0 Å². The summed E-state index contributed by atoms with van der Waals surface area (Å²) in [5.74, 6) is 0.827. The molecule has 0 aromatic carbocycles. The van der Waals surface area contributed by atoms with Gasteiger partial charge >= 0.3 is 6.03 Å². The molecule has 1 aliphatic heterocycles. The van der Waals surface area contributed by atoms with E-state index in [1.54, 1.807) is 6.20 Å². The van der Waals surface area contributed by atoms with Crippen molar-refractivity contribution >= 4 is 11.8 Å². The zero-order chi connectivity index (χ0) is 16.7. The summed E-state index contributed by atoms with van der Waals surface area (Å²) in [6.07, 6.45) is 4.45. The molecule has 23 heavy (non-hydrogen) atoms. The highest BCUT2D eigenvalue weighted by atomic mass is 16.3. The first-order chi connectivity index (χ1) is 11.1. The molecule has 0 radical (unpaired) electrons. The van der Waals surface area contributed by atoms with Crippen LogP contribution in [0.2, 0.25) is 0 Å². The molecule has 0 unspecified atom stereocenters. The zero-order valence-electron chi connectivity index (χ0n) is 14.1. The Morgan fingerprint density at radius 2 is 2.13 bits per heavy atom. The highest BCUT2D eigenvalue weighted by Gasteiger charge is 2.33. The predicted octanol–water partition coefficient (Wildman–Crippen LogP) is 2.21. The Morgan fingerprint density at radius 1 is 1.39 bits per heavy atom. The molecule has 0 saturated carbocycles. The lowest BCUT2D eigenvalue weighted by atomic mass is 9.77. The van der Waals surface area contributed by atoms with Gasteiger partial charge in [-0.25, -0.2) is 9.78 Å². The van der Waals surface area contributed by atoms with Crippen molar-refractivity contribution in [2.24, 2.45) is 5.41 Å². The lowest BCUT2D eigenvalue weighted by molar-refractivity contribution is 0.0519. The fraction of sp³-hybridized carbons (Fsp3) is 0.647. The number of rotatable bonds is 6. The number of anilines is 1. The van der Waals surface area contributed by atoms with E-state index >= 15 is 0 Å². The van der Waals surface area contributed by atoms with Gasteiger partial charge in [0, 0.05) is 39.0 Å². The van der Waals surface area contributed by atoms with Crippen molar-refractivity contribution in [2.75, 3.05) is 31.6 Å². The van der Waals surface area contributed by atoms with Crippen LogP contribution < -0.4 is 10.6 Å². The molecule has 1 fully saturated rings. The number of pyridine rings is 1. The van der Waals surface area contributed by atoms with Gasteiger partial charge in [-0.05, 0) is 49.3 Å². The van der Waals surface area contributed by atoms with Crippen LogP contribution in [0.15, 0.2) is 18.3 Å². The number of aromatic nitrogens is 1. The zero-order valence-corrected chi connectivity index (χ0v) is 14.1. The second-order valence-corrected chi connectivity index (χ2v) is 6.24. The van der Waals surface area contributed by atoms with E-state index < -0.39 is 0 Å². The molecule has 0 bridgehead atoms. The summed E-state index contributed by atoms with van der Waals surface area (Å²) in [5.41, 5.74) is 1.03. The monoisotopic (exact) mass is 320 g/mol. The third kappa shape index (κ3) is 4.58. The molecule has 128 valence electrons. The first-order valence-corrected chi connectivity index (χ1v) is 8.45. The van der Waals surface area contributed by atoms with E-state index in [-0.39, 0.29) is 18.1 Å². The van der Waals surface area contributed by atoms with Crippen LogP contribution in [0.25, 0.3) is 0 Å². The van der Waals surface area contributed by atoms with Gasteiger partial charge in [-0.1, -0.05) is 6.92 Å². The van der Waals surface area contributed by atoms with E-state index in [4.69, 9.17) is 0 Å². The second-order valence-electron chi connectivity index (χ2n) is 6.24. The summed E-state index contributed by atoms with van der Waals surface area (Å²) < 4.78 is 0. The predicted molar refractivity (Wildman–Crippen MR) is 91.3 cm³/mol. The lowest BCUT2D eigenvalue weighted by Gasteiger charge is -2.40. The standard InChI is InChI=1S/C17H28N4O2/c1-3-17(13-22)6-9-21(10-7-17)16(23)20-12-14-5-8-19-15(11-14)18-4-2/h5,8,11,22H,3-4,6-7,9-10,12-13H2,1-2H3,(H,18,19)(H,20,23). The molecule has 0 atom stereocenters. The van der Waals surface area contributed by atoms with Gasteiger partial charge in [0.05, 0.1) is 0 Å². The van der Waals surface area contributed by atoms with Crippen LogP contribution in [-0.2, 0) is 6.54 Å². The molecule has 2 amide bonds. The molecule has 3 N–H and O–H groups in total. The van der Waals surface area contributed by atoms with Gasteiger partial charge in [0.2, 0.25) is 0 Å². The molecule has 0 spiro atoms. The summed E-state index contributed by atoms with van der Waals surface area (Å²) in [6, 6.07) is 3.83. The van der Waals surface area contributed by atoms with Crippen LogP contribution >= 0.6 is 0 Å². The molecule has 1 aromatic rings. The highest BCUT2D eigenvalue weighted by Crippen LogP contribution is 2.34. The third-order valence-electron chi connectivity index (χ3n) is 4.82. The Kier molecular flexibility index (Phi) is 6.21. The van der Waals surface area contributed by atoms with E-state index in [2.05, 4.69) is 22.5 Å². The van der Waals surface area contributed by atoms with Crippen LogP contribution in [0.4, 0.5) is 10.6 Å². The van der Waals surface area contributed by atoms with Crippen molar-refractivity contribution in [1.29, 1.82) is 0 Å². The van der Waals surface area contributed by atoms with Crippen LogP contribution in [0.3, 0.4) is 0 Å². The average molecular weight is 320 g/mol. The number of amides is 2. The van der Waals surface area contributed by atoms with E-state index in [1.165, 1.54) is 0 Å². The summed E-state index contributed by atoms with van der Waals surface area (Å²) in [7, 11) is 0. The van der Waals surface area contributed by atoms with Gasteiger partial charge in [0.1, 0.15) is 5.82 Å². The maximum atomic E-state index is 12.3. The minimum atomic E-state index is -0.0329. The molecular formula is C17H28N4O2. The number of hydrogen-bond acceptors (Lipinski definition) is 4. The number of nitrogens with one attached hydrogen (secondary N) is 2. The van der Waals surface area contributed by atoms with Crippen LogP contribution in [0.5, 0.6) is 0 Å². The number of carbonyl (C=O) groups is 1. The number of carbonyl (C=O) groups excluding carboxylic acids is 1. The molecular weight excluding hydrogens is 292 g/mol. The summed E-state index contributed by atoms with van der Waals surface area (Å²) in [5, 5.41) is 15.7. The highest BCUT2D eigenvalue weighted by molar-refractivity contribution is 5.74. The van der Waals surface area contributed by atoms with Gasteiger partial charge in [-0.2, -0.15) is 0 Å². The molecule has 1 saturated heterocycles. The van der Waals surface area contributed by atoms with Crippen LogP contribution in [0, 0.1) is 5.41 Å². The van der Waals surface area contributed by atoms with Crippen molar-refractivity contribution in [3.8, 4) is 0 Å². The largest absolute Gasteiger partial charge is 0.396 e. The second kappa shape index (κ2) is 8.15. The number of piperidine rings is 1. The Hall–Kier alpha value is -1.82. The normalized spacial score (nSPS) is 16.9.